The molecule has 1 rings (SSSR count). The van der Waals surface area contributed by atoms with Gasteiger partial charge in [-0.15, -0.1) is 0 Å². The SMILES string of the molecule is CCCCCCCCCCCCOC[C@@H]1CC[C@@H](CO)O1. The molecule has 2 atom stereocenters. The van der Waals surface area contributed by atoms with E-state index in [4.69, 9.17) is 14.6 Å². The van der Waals surface area contributed by atoms with Crippen LogP contribution < -0.4 is 0 Å². The number of hydrogen-bond acceptors (Lipinski definition) is 3. The number of aliphatic hydroxyl groups excluding tert-OH is 1. The second-order valence-corrected chi connectivity index (χ2v) is 6.40. The molecule has 0 aromatic carbocycles. The molecule has 126 valence electrons. The summed E-state index contributed by atoms with van der Waals surface area (Å²) in [7, 11) is 0. The topological polar surface area (TPSA) is 38.7 Å². The fraction of sp³-hybridized carbons (Fsp3) is 1.00. The van der Waals surface area contributed by atoms with Gasteiger partial charge >= 0.3 is 0 Å². The third kappa shape index (κ3) is 10.3. The highest BCUT2D eigenvalue weighted by molar-refractivity contribution is 4.72. The Labute approximate surface area is 131 Å². The van der Waals surface area contributed by atoms with Crippen LogP contribution in [-0.2, 0) is 9.47 Å². The molecule has 1 saturated heterocycles. The molecule has 0 aromatic rings. The van der Waals surface area contributed by atoms with Gasteiger partial charge in [-0.05, 0) is 19.3 Å². The van der Waals surface area contributed by atoms with Gasteiger partial charge in [-0.2, -0.15) is 0 Å². The van der Waals surface area contributed by atoms with Crippen molar-refractivity contribution in [1.29, 1.82) is 0 Å². The van der Waals surface area contributed by atoms with Gasteiger partial charge in [0.1, 0.15) is 0 Å². The number of unbranched alkanes of at least 4 members (excludes halogenated alkanes) is 9. The van der Waals surface area contributed by atoms with Gasteiger partial charge < -0.3 is 14.6 Å². The monoisotopic (exact) mass is 300 g/mol. The molecule has 0 unspecified atom stereocenters. The van der Waals surface area contributed by atoms with E-state index in [9.17, 15) is 0 Å². The molecular weight excluding hydrogens is 264 g/mol. The van der Waals surface area contributed by atoms with Crippen LogP contribution in [0.2, 0.25) is 0 Å². The van der Waals surface area contributed by atoms with E-state index in [0.717, 1.165) is 19.4 Å². The van der Waals surface area contributed by atoms with Gasteiger partial charge in [-0.3, -0.25) is 0 Å². The average Bonchev–Trinajstić information content (AvgIpc) is 2.96. The first-order valence-electron chi connectivity index (χ1n) is 9.21. The standard InChI is InChI=1S/C18H36O3/c1-2-3-4-5-6-7-8-9-10-11-14-20-16-18-13-12-17(15-19)21-18/h17-19H,2-16H2,1H3/t17-,18-/m0/s1. The van der Waals surface area contributed by atoms with E-state index < -0.39 is 0 Å². The Morgan fingerprint density at radius 2 is 1.43 bits per heavy atom. The molecule has 0 spiro atoms. The minimum Gasteiger partial charge on any atom is -0.394 e. The van der Waals surface area contributed by atoms with Gasteiger partial charge in [0.05, 0.1) is 25.4 Å². The summed E-state index contributed by atoms with van der Waals surface area (Å²) in [6, 6.07) is 0. The lowest BCUT2D eigenvalue weighted by Crippen LogP contribution is -2.19. The summed E-state index contributed by atoms with van der Waals surface area (Å²) in [4.78, 5) is 0. The highest BCUT2D eigenvalue weighted by atomic mass is 16.5. The lowest BCUT2D eigenvalue weighted by molar-refractivity contribution is -0.0318. The van der Waals surface area contributed by atoms with E-state index in [1.807, 2.05) is 0 Å². The molecule has 0 saturated carbocycles. The maximum atomic E-state index is 8.99. The maximum absolute atomic E-state index is 8.99. The molecule has 0 amide bonds. The number of ether oxygens (including phenoxy) is 2. The summed E-state index contributed by atoms with van der Waals surface area (Å²) in [5.41, 5.74) is 0. The maximum Gasteiger partial charge on any atom is 0.0814 e. The second kappa shape index (κ2) is 13.5. The zero-order valence-corrected chi connectivity index (χ0v) is 14.0. The van der Waals surface area contributed by atoms with Gasteiger partial charge in [-0.25, -0.2) is 0 Å². The zero-order chi connectivity index (χ0) is 15.2. The van der Waals surface area contributed by atoms with Crippen molar-refractivity contribution >= 4 is 0 Å². The normalized spacial score (nSPS) is 22.0. The lowest BCUT2D eigenvalue weighted by atomic mass is 10.1. The molecule has 1 fully saturated rings. The molecule has 1 aliphatic rings. The summed E-state index contributed by atoms with van der Waals surface area (Å²) < 4.78 is 11.3. The minimum absolute atomic E-state index is 0.0518. The van der Waals surface area contributed by atoms with E-state index >= 15 is 0 Å². The molecule has 1 aliphatic heterocycles. The van der Waals surface area contributed by atoms with E-state index in [0.29, 0.717) is 6.61 Å². The van der Waals surface area contributed by atoms with Crippen molar-refractivity contribution in [2.75, 3.05) is 19.8 Å². The molecule has 3 nitrogen and oxygen atoms in total. The van der Waals surface area contributed by atoms with E-state index in [2.05, 4.69) is 6.92 Å². The smallest absolute Gasteiger partial charge is 0.0814 e. The first-order chi connectivity index (χ1) is 10.4. The van der Waals surface area contributed by atoms with Crippen LogP contribution in [0.25, 0.3) is 0 Å². The van der Waals surface area contributed by atoms with Crippen LogP contribution in [-0.4, -0.2) is 37.1 Å². The molecule has 0 aromatic heterocycles. The van der Waals surface area contributed by atoms with Crippen LogP contribution >= 0.6 is 0 Å². The molecule has 1 heterocycles. The van der Waals surface area contributed by atoms with Gasteiger partial charge in [-0.1, -0.05) is 64.7 Å². The van der Waals surface area contributed by atoms with Gasteiger partial charge in [0.15, 0.2) is 0 Å². The Morgan fingerprint density at radius 3 is 2.00 bits per heavy atom. The van der Waals surface area contributed by atoms with Crippen molar-refractivity contribution in [3.63, 3.8) is 0 Å². The van der Waals surface area contributed by atoms with Crippen LogP contribution in [0.15, 0.2) is 0 Å². The Balaban J connectivity index is 1.73. The molecule has 0 aliphatic carbocycles. The van der Waals surface area contributed by atoms with E-state index in [1.54, 1.807) is 0 Å². The summed E-state index contributed by atoms with van der Waals surface area (Å²) in [6.45, 7) is 3.98. The third-order valence-electron chi connectivity index (χ3n) is 4.35. The predicted molar refractivity (Wildman–Crippen MR) is 87.6 cm³/mol. The fourth-order valence-electron chi connectivity index (χ4n) is 2.94. The fourth-order valence-corrected chi connectivity index (χ4v) is 2.94. The first kappa shape index (κ1) is 18.9. The van der Waals surface area contributed by atoms with Gasteiger partial charge in [0, 0.05) is 6.61 Å². The molecule has 1 N–H and O–H groups in total. The van der Waals surface area contributed by atoms with Crippen molar-refractivity contribution < 1.29 is 14.6 Å². The summed E-state index contributed by atoms with van der Waals surface area (Å²) in [5.74, 6) is 0. The Kier molecular flexibility index (Phi) is 12.2. The molecule has 0 radical (unpaired) electrons. The van der Waals surface area contributed by atoms with Crippen molar-refractivity contribution in [3.05, 3.63) is 0 Å². The predicted octanol–water partition coefficient (Wildman–Crippen LogP) is 4.46. The lowest BCUT2D eigenvalue weighted by Gasteiger charge is -2.12. The molecule has 21 heavy (non-hydrogen) atoms. The van der Waals surface area contributed by atoms with Gasteiger partial charge in [0.25, 0.3) is 0 Å². The highest BCUT2D eigenvalue weighted by Gasteiger charge is 2.24. The minimum atomic E-state index is 0.0518. The third-order valence-corrected chi connectivity index (χ3v) is 4.35. The number of rotatable bonds is 14. The van der Waals surface area contributed by atoms with Gasteiger partial charge in [0.2, 0.25) is 0 Å². The van der Waals surface area contributed by atoms with Crippen LogP contribution in [0.4, 0.5) is 0 Å². The number of aliphatic hydroxyl groups is 1. The second-order valence-electron chi connectivity index (χ2n) is 6.40. The van der Waals surface area contributed by atoms with Crippen molar-refractivity contribution in [3.8, 4) is 0 Å². The van der Waals surface area contributed by atoms with Crippen LogP contribution in [0.3, 0.4) is 0 Å². The Morgan fingerprint density at radius 1 is 0.857 bits per heavy atom. The molecular formula is C18H36O3. The summed E-state index contributed by atoms with van der Waals surface area (Å²) in [6.07, 6.45) is 15.9. The molecule has 3 heteroatoms. The Bertz CT molecular complexity index is 221. The van der Waals surface area contributed by atoms with E-state index in [1.165, 1.54) is 64.2 Å². The van der Waals surface area contributed by atoms with Crippen molar-refractivity contribution in [2.24, 2.45) is 0 Å². The summed E-state index contributed by atoms with van der Waals surface area (Å²) in [5, 5.41) is 8.99. The zero-order valence-electron chi connectivity index (χ0n) is 14.0. The van der Waals surface area contributed by atoms with Crippen molar-refractivity contribution in [1.82, 2.24) is 0 Å². The quantitative estimate of drug-likeness (QED) is 0.481. The van der Waals surface area contributed by atoms with Crippen LogP contribution in [0.1, 0.15) is 84.0 Å². The first-order valence-corrected chi connectivity index (χ1v) is 9.21. The van der Waals surface area contributed by atoms with Crippen LogP contribution in [0, 0.1) is 0 Å². The number of hydrogen-bond donors (Lipinski definition) is 1. The Hall–Kier alpha value is -0.120. The largest absolute Gasteiger partial charge is 0.394 e. The van der Waals surface area contributed by atoms with Crippen molar-refractivity contribution in [2.45, 2.75) is 96.2 Å². The van der Waals surface area contributed by atoms with Crippen LogP contribution in [0.5, 0.6) is 0 Å². The highest BCUT2D eigenvalue weighted by Crippen LogP contribution is 2.19. The van der Waals surface area contributed by atoms with E-state index in [-0.39, 0.29) is 18.8 Å². The molecule has 0 bridgehead atoms. The average molecular weight is 300 g/mol. The summed E-state index contributed by atoms with van der Waals surface area (Å²) >= 11 is 0.